The second kappa shape index (κ2) is 5.28. The van der Waals surface area contributed by atoms with Crippen molar-refractivity contribution in [1.29, 1.82) is 0 Å². The van der Waals surface area contributed by atoms with Crippen LogP contribution in [0.25, 0.3) is 0 Å². The van der Waals surface area contributed by atoms with E-state index in [1.807, 2.05) is 0 Å². The van der Waals surface area contributed by atoms with Crippen LogP contribution >= 0.6 is 0 Å². The summed E-state index contributed by atoms with van der Waals surface area (Å²) in [6.45, 7) is 1.46. The van der Waals surface area contributed by atoms with Gasteiger partial charge in [0, 0.05) is 19.1 Å². The first-order valence-electron chi connectivity index (χ1n) is 6.89. The number of carbonyl (C=O) groups is 1. The van der Waals surface area contributed by atoms with E-state index in [0.29, 0.717) is 18.1 Å². The van der Waals surface area contributed by atoms with E-state index in [0.717, 1.165) is 38.9 Å². The minimum atomic E-state index is -0.756. The van der Waals surface area contributed by atoms with Gasteiger partial charge in [-0.15, -0.1) is 0 Å². The van der Waals surface area contributed by atoms with Crippen LogP contribution < -0.4 is 0 Å². The monoisotopic (exact) mass is 266 g/mol. The zero-order valence-electron chi connectivity index (χ0n) is 10.7. The van der Waals surface area contributed by atoms with Crippen LogP contribution in [-0.4, -0.2) is 34.4 Å². The number of carboxylic acids is 1. The first-order valence-corrected chi connectivity index (χ1v) is 6.89. The van der Waals surface area contributed by atoms with Crippen LogP contribution in [-0.2, 0) is 9.53 Å². The topological polar surface area (TPSA) is 85.5 Å². The third-order valence-electron chi connectivity index (χ3n) is 4.19. The lowest BCUT2D eigenvalue weighted by Gasteiger charge is -2.18. The fourth-order valence-corrected chi connectivity index (χ4v) is 3.07. The summed E-state index contributed by atoms with van der Waals surface area (Å²) in [4.78, 5) is 15.6. The summed E-state index contributed by atoms with van der Waals surface area (Å²) in [5.41, 5.74) is 0. The van der Waals surface area contributed by atoms with E-state index in [2.05, 4.69) is 10.1 Å². The highest BCUT2D eigenvalue weighted by molar-refractivity contribution is 5.71. The summed E-state index contributed by atoms with van der Waals surface area (Å²) in [5, 5.41) is 13.2. The highest BCUT2D eigenvalue weighted by Gasteiger charge is 2.38. The average molecular weight is 266 g/mol. The zero-order chi connectivity index (χ0) is 13.2. The van der Waals surface area contributed by atoms with Crippen molar-refractivity contribution >= 4 is 5.97 Å². The Labute approximate surface area is 111 Å². The molecule has 2 unspecified atom stereocenters. The van der Waals surface area contributed by atoms with Crippen molar-refractivity contribution in [2.24, 2.45) is 5.92 Å². The van der Waals surface area contributed by atoms with E-state index in [-0.39, 0.29) is 17.8 Å². The predicted molar refractivity (Wildman–Crippen MR) is 64.8 cm³/mol. The number of hydrogen-bond donors (Lipinski definition) is 1. The highest BCUT2D eigenvalue weighted by atomic mass is 16.5. The van der Waals surface area contributed by atoms with E-state index < -0.39 is 5.97 Å². The molecule has 0 amide bonds. The Morgan fingerprint density at radius 3 is 2.74 bits per heavy atom. The number of nitrogens with zero attached hydrogens (tertiary/aromatic N) is 2. The van der Waals surface area contributed by atoms with Gasteiger partial charge in [0.1, 0.15) is 0 Å². The Kier molecular flexibility index (Phi) is 3.50. The molecule has 1 N–H and O–H groups in total. The van der Waals surface area contributed by atoms with Crippen molar-refractivity contribution in [3.05, 3.63) is 11.7 Å². The van der Waals surface area contributed by atoms with Gasteiger partial charge in [0.2, 0.25) is 5.89 Å². The molecule has 1 aliphatic carbocycles. The second-order valence-corrected chi connectivity index (χ2v) is 5.36. The normalized spacial score (nSPS) is 28.6. The lowest BCUT2D eigenvalue weighted by Crippen LogP contribution is -2.17. The minimum absolute atomic E-state index is 0.112. The van der Waals surface area contributed by atoms with Crippen LogP contribution in [0.3, 0.4) is 0 Å². The second-order valence-electron chi connectivity index (χ2n) is 5.36. The van der Waals surface area contributed by atoms with E-state index in [1.165, 1.54) is 0 Å². The Morgan fingerprint density at radius 1 is 1.21 bits per heavy atom. The molecular weight excluding hydrogens is 248 g/mol. The van der Waals surface area contributed by atoms with E-state index in [4.69, 9.17) is 9.26 Å². The van der Waals surface area contributed by atoms with Gasteiger partial charge in [-0.05, 0) is 25.7 Å². The van der Waals surface area contributed by atoms with Crippen LogP contribution in [0.1, 0.15) is 55.7 Å². The van der Waals surface area contributed by atoms with Gasteiger partial charge in [0.05, 0.1) is 11.8 Å². The summed E-state index contributed by atoms with van der Waals surface area (Å²) in [6, 6.07) is 0. The molecule has 2 fully saturated rings. The highest BCUT2D eigenvalue weighted by Crippen LogP contribution is 2.39. The van der Waals surface area contributed by atoms with Crippen molar-refractivity contribution in [2.75, 3.05) is 13.2 Å². The summed E-state index contributed by atoms with van der Waals surface area (Å²) in [5.74, 6) is 0.270. The summed E-state index contributed by atoms with van der Waals surface area (Å²) < 4.78 is 10.6. The van der Waals surface area contributed by atoms with E-state index in [1.54, 1.807) is 0 Å². The Balaban J connectivity index is 1.75. The van der Waals surface area contributed by atoms with Crippen LogP contribution in [0.15, 0.2) is 4.52 Å². The fraction of sp³-hybridized carbons (Fsp3) is 0.769. The van der Waals surface area contributed by atoms with Crippen LogP contribution in [0, 0.1) is 5.92 Å². The van der Waals surface area contributed by atoms with Crippen molar-refractivity contribution in [1.82, 2.24) is 10.1 Å². The molecule has 1 saturated carbocycles. The summed E-state index contributed by atoms with van der Waals surface area (Å²) in [7, 11) is 0. The minimum Gasteiger partial charge on any atom is -0.481 e. The van der Waals surface area contributed by atoms with Gasteiger partial charge >= 0.3 is 5.97 Å². The van der Waals surface area contributed by atoms with E-state index >= 15 is 0 Å². The number of carboxylic acid groups (broad SMARTS) is 1. The van der Waals surface area contributed by atoms with Gasteiger partial charge in [-0.1, -0.05) is 11.6 Å². The molecule has 0 spiro atoms. The summed E-state index contributed by atoms with van der Waals surface area (Å²) >= 11 is 0. The maximum absolute atomic E-state index is 11.2. The molecule has 0 aromatic carbocycles. The number of rotatable bonds is 3. The molecule has 6 nitrogen and oxygen atoms in total. The summed E-state index contributed by atoms with van der Waals surface area (Å²) in [6.07, 6.45) is 4.26. The third-order valence-corrected chi connectivity index (χ3v) is 4.19. The van der Waals surface area contributed by atoms with Gasteiger partial charge in [0.25, 0.3) is 0 Å². The maximum Gasteiger partial charge on any atom is 0.307 e. The van der Waals surface area contributed by atoms with Crippen LogP contribution in [0.5, 0.6) is 0 Å². The zero-order valence-corrected chi connectivity index (χ0v) is 10.7. The van der Waals surface area contributed by atoms with Crippen LogP contribution in [0.4, 0.5) is 0 Å². The van der Waals surface area contributed by atoms with Gasteiger partial charge < -0.3 is 14.4 Å². The molecule has 0 radical (unpaired) electrons. The largest absolute Gasteiger partial charge is 0.481 e. The molecule has 2 aliphatic rings. The van der Waals surface area contributed by atoms with Crippen molar-refractivity contribution < 1.29 is 19.2 Å². The lowest BCUT2D eigenvalue weighted by molar-refractivity contribution is -0.142. The van der Waals surface area contributed by atoms with Gasteiger partial charge in [-0.2, -0.15) is 4.98 Å². The van der Waals surface area contributed by atoms with Gasteiger partial charge in [0.15, 0.2) is 5.82 Å². The van der Waals surface area contributed by atoms with Crippen LogP contribution in [0.2, 0.25) is 0 Å². The lowest BCUT2D eigenvalue weighted by atomic mass is 9.96. The molecule has 1 aliphatic heterocycles. The Hall–Kier alpha value is -1.43. The van der Waals surface area contributed by atoms with E-state index in [9.17, 15) is 9.90 Å². The predicted octanol–water partition coefficient (Wildman–Crippen LogP) is 1.93. The van der Waals surface area contributed by atoms with Crippen molar-refractivity contribution in [3.8, 4) is 0 Å². The number of aromatic nitrogens is 2. The Morgan fingerprint density at radius 2 is 2.00 bits per heavy atom. The van der Waals surface area contributed by atoms with Gasteiger partial charge in [-0.3, -0.25) is 4.79 Å². The average Bonchev–Trinajstić information content (AvgIpc) is 3.08. The Bertz CT molecular complexity index is 453. The number of aliphatic carboxylic acids is 1. The quantitative estimate of drug-likeness (QED) is 0.899. The number of hydrogen-bond acceptors (Lipinski definition) is 5. The maximum atomic E-state index is 11.2. The molecule has 3 rings (SSSR count). The molecule has 19 heavy (non-hydrogen) atoms. The van der Waals surface area contributed by atoms with Crippen molar-refractivity contribution in [2.45, 2.75) is 43.9 Å². The fourth-order valence-electron chi connectivity index (χ4n) is 3.07. The molecule has 2 heterocycles. The molecule has 1 aromatic heterocycles. The smallest absolute Gasteiger partial charge is 0.307 e. The standard InChI is InChI=1S/C13H18N2O4/c16-13(17)10-3-1-2-9(10)12-14-11(15-19-12)8-4-6-18-7-5-8/h8-10H,1-7H2,(H,16,17). The molecule has 0 bridgehead atoms. The molecule has 1 aromatic rings. The SMILES string of the molecule is O=C(O)C1CCCC1c1nc(C2CCOCC2)no1. The van der Waals surface area contributed by atoms with Gasteiger partial charge in [-0.25, -0.2) is 0 Å². The third kappa shape index (κ3) is 2.49. The molecule has 1 saturated heterocycles. The first kappa shape index (κ1) is 12.6. The van der Waals surface area contributed by atoms with Crippen molar-refractivity contribution in [3.63, 3.8) is 0 Å². The molecular formula is C13H18N2O4. The molecule has 6 heteroatoms. The molecule has 2 atom stereocenters. The first-order chi connectivity index (χ1) is 9.25. The molecule has 104 valence electrons. The number of ether oxygens (including phenoxy) is 1.